The molecular weight excluding hydrogens is 361 g/mol. The minimum atomic E-state index is -5.17. The van der Waals surface area contributed by atoms with Crippen molar-refractivity contribution in [3.8, 4) is 0 Å². The molecule has 0 radical (unpaired) electrons. The molecule has 0 bridgehead atoms. The molecule has 1 heterocycles. The molecule has 3 unspecified atom stereocenters. The second kappa shape index (κ2) is 9.15. The molecule has 0 aromatic heterocycles. The van der Waals surface area contributed by atoms with Crippen molar-refractivity contribution < 1.29 is 50.8 Å². The SMILES string of the molecule is BOBB[C@H]1CC[C@@H](COP(=O)(O)OP(=O)(O)O[PH](=O)O)O1. The van der Waals surface area contributed by atoms with E-state index in [2.05, 4.69) is 13.1 Å². The van der Waals surface area contributed by atoms with Gasteiger partial charge in [0, 0.05) is 6.00 Å². The highest BCUT2D eigenvalue weighted by Gasteiger charge is 2.38. The lowest BCUT2D eigenvalue weighted by Gasteiger charge is -2.17. The first-order valence-corrected chi connectivity index (χ1v) is 10.5. The second-order valence-corrected chi connectivity index (χ2v) is 8.46. The molecular formula is C5H16B3O11P3. The summed E-state index contributed by atoms with van der Waals surface area (Å²) >= 11 is 0. The Kier molecular flexibility index (Phi) is 8.57. The minimum absolute atomic E-state index is 0.0557. The van der Waals surface area contributed by atoms with Crippen LogP contribution < -0.4 is 0 Å². The van der Waals surface area contributed by atoms with Crippen LogP contribution in [0.2, 0.25) is 0 Å². The van der Waals surface area contributed by atoms with Gasteiger partial charge < -0.3 is 24.0 Å². The number of phosphoric ester groups is 1. The maximum absolute atomic E-state index is 11.5. The Morgan fingerprint density at radius 1 is 1.32 bits per heavy atom. The van der Waals surface area contributed by atoms with Crippen LogP contribution in [-0.4, -0.2) is 56.0 Å². The number of ether oxygens (including phenoxy) is 1. The summed E-state index contributed by atoms with van der Waals surface area (Å²) in [6.45, 7) is -0.342. The lowest BCUT2D eigenvalue weighted by Crippen LogP contribution is -2.25. The Hall–Kier alpha value is 0.565. The third kappa shape index (κ3) is 8.43. The molecule has 1 aliphatic rings. The van der Waals surface area contributed by atoms with Crippen molar-refractivity contribution in [2.75, 3.05) is 6.61 Å². The molecule has 0 aromatic carbocycles. The summed E-state index contributed by atoms with van der Waals surface area (Å²) < 4.78 is 55.3. The summed E-state index contributed by atoms with van der Waals surface area (Å²) in [5.41, 5.74) is 0. The van der Waals surface area contributed by atoms with E-state index in [1.807, 2.05) is 0 Å². The van der Waals surface area contributed by atoms with Gasteiger partial charge in [-0.3, -0.25) is 9.09 Å². The van der Waals surface area contributed by atoms with E-state index >= 15 is 0 Å². The third-order valence-corrected chi connectivity index (χ3v) is 6.34. The van der Waals surface area contributed by atoms with Gasteiger partial charge in [-0.15, -0.1) is 0 Å². The van der Waals surface area contributed by atoms with Crippen LogP contribution in [0.4, 0.5) is 0 Å². The summed E-state index contributed by atoms with van der Waals surface area (Å²) in [5.74, 6) is 0. The van der Waals surface area contributed by atoms with Gasteiger partial charge >= 0.3 is 23.9 Å². The van der Waals surface area contributed by atoms with Crippen molar-refractivity contribution in [1.82, 2.24) is 0 Å². The molecule has 0 aromatic rings. The summed E-state index contributed by atoms with van der Waals surface area (Å²) in [5, 5.41) is 0. The zero-order valence-corrected chi connectivity index (χ0v) is 14.5. The van der Waals surface area contributed by atoms with Gasteiger partial charge in [0.2, 0.25) is 15.4 Å². The quantitative estimate of drug-likeness (QED) is 0.297. The predicted molar refractivity (Wildman–Crippen MR) is 80.8 cm³/mol. The zero-order valence-electron chi connectivity index (χ0n) is 11.7. The average Bonchev–Trinajstić information content (AvgIpc) is 2.79. The fourth-order valence-electron chi connectivity index (χ4n) is 1.81. The maximum Gasteiger partial charge on any atom is 0.488 e. The fraction of sp³-hybridized carbons (Fsp3) is 1.00. The highest BCUT2D eigenvalue weighted by Crippen LogP contribution is 2.63. The number of phosphoric acid groups is 2. The van der Waals surface area contributed by atoms with Crippen molar-refractivity contribution in [1.29, 1.82) is 0 Å². The first kappa shape index (κ1) is 20.6. The predicted octanol–water partition coefficient (Wildman–Crippen LogP) is -1.61. The molecule has 0 spiro atoms. The van der Waals surface area contributed by atoms with Gasteiger partial charge in [0.1, 0.15) is 0 Å². The van der Waals surface area contributed by atoms with Crippen LogP contribution in [0.3, 0.4) is 0 Å². The van der Waals surface area contributed by atoms with Crippen molar-refractivity contribution in [2.24, 2.45) is 0 Å². The van der Waals surface area contributed by atoms with E-state index in [4.69, 9.17) is 19.1 Å². The first-order chi connectivity index (χ1) is 10.1. The number of hydrogen-bond donors (Lipinski definition) is 3. The molecule has 1 fully saturated rings. The van der Waals surface area contributed by atoms with E-state index in [0.717, 1.165) is 6.42 Å². The summed E-state index contributed by atoms with van der Waals surface area (Å²) in [4.78, 5) is 26.6. The summed E-state index contributed by atoms with van der Waals surface area (Å²) in [7, 11) is -11.2. The van der Waals surface area contributed by atoms with Gasteiger partial charge in [0.25, 0.3) is 0 Å². The zero-order chi connectivity index (χ0) is 16.8. The molecule has 0 amide bonds. The Morgan fingerprint density at radius 2 is 2.00 bits per heavy atom. The molecule has 1 aliphatic heterocycles. The molecule has 0 saturated carbocycles. The van der Waals surface area contributed by atoms with Crippen molar-refractivity contribution in [3.05, 3.63) is 0 Å². The van der Waals surface area contributed by atoms with E-state index < -0.39 is 30.0 Å². The highest BCUT2D eigenvalue weighted by molar-refractivity contribution is 7.64. The van der Waals surface area contributed by atoms with Gasteiger partial charge in [-0.05, 0) is 12.8 Å². The molecule has 0 aliphatic carbocycles. The lowest BCUT2D eigenvalue weighted by atomic mass is 9.45. The molecule has 5 atom stereocenters. The molecule has 126 valence electrons. The van der Waals surface area contributed by atoms with E-state index in [9.17, 15) is 18.6 Å². The van der Waals surface area contributed by atoms with Gasteiger partial charge in [-0.25, -0.2) is 13.4 Å². The van der Waals surface area contributed by atoms with E-state index in [-0.39, 0.29) is 12.6 Å². The van der Waals surface area contributed by atoms with Crippen LogP contribution in [-0.2, 0) is 36.1 Å². The van der Waals surface area contributed by atoms with Crippen LogP contribution >= 0.6 is 23.9 Å². The van der Waals surface area contributed by atoms with Crippen LogP contribution in [0.15, 0.2) is 0 Å². The van der Waals surface area contributed by atoms with E-state index in [1.165, 1.54) is 0 Å². The molecule has 3 N–H and O–H groups in total. The van der Waals surface area contributed by atoms with Crippen LogP contribution in [0.5, 0.6) is 0 Å². The van der Waals surface area contributed by atoms with Crippen LogP contribution in [0, 0.1) is 0 Å². The monoisotopic (exact) mass is 378 g/mol. The van der Waals surface area contributed by atoms with Crippen molar-refractivity contribution in [2.45, 2.75) is 24.9 Å². The fourth-order valence-corrected chi connectivity index (χ4v) is 4.62. The van der Waals surface area contributed by atoms with Crippen LogP contribution in [0.1, 0.15) is 12.8 Å². The van der Waals surface area contributed by atoms with Crippen LogP contribution in [0.25, 0.3) is 0 Å². The summed E-state index contributed by atoms with van der Waals surface area (Å²) in [6.07, 6.45) is 0.829. The standard InChI is InChI=1S/C5H16B3O11P3/c6-17-8-7-5-2-1-4(16-5)3-15-21(11,12)19-22(13,14)18-20(9)10/h4-5,7-8,20H,1-3,6H2,(H,9,10)(H,11,12)(H,13,14)/t4-,5+/m0/s1. The van der Waals surface area contributed by atoms with Gasteiger partial charge in [-0.2, -0.15) is 4.31 Å². The Labute approximate surface area is 129 Å². The molecule has 11 nitrogen and oxygen atoms in total. The van der Waals surface area contributed by atoms with Crippen molar-refractivity contribution in [3.63, 3.8) is 0 Å². The normalized spacial score (nSPS) is 28.5. The lowest BCUT2D eigenvalue weighted by molar-refractivity contribution is 0.0396. The smallest absolute Gasteiger partial charge is 0.488 e. The summed E-state index contributed by atoms with van der Waals surface area (Å²) in [6, 6.07) is -0.0557. The number of rotatable bonds is 10. The maximum atomic E-state index is 11.5. The number of hydrogen-bond acceptors (Lipinski definition) is 8. The van der Waals surface area contributed by atoms with Crippen molar-refractivity contribution >= 4 is 46.5 Å². The topological polar surface area (TPSA) is 158 Å². The largest absolute Gasteiger partial charge is 0.512 e. The molecule has 1 saturated heterocycles. The Bertz CT molecular complexity index is 476. The van der Waals surface area contributed by atoms with E-state index in [0.29, 0.717) is 21.0 Å². The molecule has 22 heavy (non-hydrogen) atoms. The molecule has 17 heteroatoms. The van der Waals surface area contributed by atoms with Gasteiger partial charge in [0.15, 0.2) is 7.17 Å². The van der Waals surface area contributed by atoms with Gasteiger partial charge in [0.05, 0.1) is 12.7 Å². The Morgan fingerprint density at radius 3 is 2.59 bits per heavy atom. The third-order valence-electron chi connectivity index (χ3n) is 2.66. The minimum Gasteiger partial charge on any atom is -0.512 e. The average molecular weight is 378 g/mol. The highest BCUT2D eigenvalue weighted by atomic mass is 31.3. The second-order valence-electron chi connectivity index (χ2n) is 4.41. The first-order valence-electron chi connectivity index (χ1n) is 6.22. The van der Waals surface area contributed by atoms with Gasteiger partial charge in [-0.1, -0.05) is 0 Å². The molecule has 1 rings (SSSR count). The Balaban J connectivity index is 2.38. The van der Waals surface area contributed by atoms with E-state index in [1.54, 1.807) is 8.05 Å².